The summed E-state index contributed by atoms with van der Waals surface area (Å²) in [6.07, 6.45) is 9.76. The number of aromatic nitrogens is 4. The molecule has 1 aromatic heterocycles. The summed E-state index contributed by atoms with van der Waals surface area (Å²) in [5.74, 6) is 1.68. The molecule has 1 atom stereocenters. The molecule has 6 heteroatoms. The summed E-state index contributed by atoms with van der Waals surface area (Å²) in [5, 5.41) is 14.0. The van der Waals surface area contributed by atoms with Crippen molar-refractivity contribution >= 4 is 0 Å². The van der Waals surface area contributed by atoms with Crippen molar-refractivity contribution < 1.29 is 4.74 Å². The summed E-state index contributed by atoms with van der Waals surface area (Å²) >= 11 is 0. The minimum absolute atomic E-state index is 0.242. The highest BCUT2D eigenvalue weighted by atomic mass is 16.5. The zero-order chi connectivity index (χ0) is 18.7. The van der Waals surface area contributed by atoms with Crippen molar-refractivity contribution in [3.8, 4) is 5.75 Å². The van der Waals surface area contributed by atoms with E-state index < -0.39 is 0 Å². The topological polar surface area (TPSA) is 89.7 Å². The second-order valence-electron chi connectivity index (χ2n) is 7.39. The van der Waals surface area contributed by atoms with Gasteiger partial charge in [0.15, 0.2) is 5.82 Å². The number of rotatable bonds is 13. The van der Waals surface area contributed by atoms with Crippen molar-refractivity contribution in [2.45, 2.75) is 77.2 Å². The van der Waals surface area contributed by atoms with E-state index in [2.05, 4.69) is 58.7 Å². The molecule has 144 valence electrons. The number of tetrazole rings is 1. The molecule has 0 spiro atoms. The van der Waals surface area contributed by atoms with E-state index in [0.717, 1.165) is 50.3 Å². The summed E-state index contributed by atoms with van der Waals surface area (Å²) < 4.78 is 5.82. The lowest BCUT2D eigenvalue weighted by molar-refractivity contribution is 0.304. The number of aromatic amines is 1. The lowest BCUT2D eigenvalue weighted by Crippen LogP contribution is -2.37. The van der Waals surface area contributed by atoms with E-state index in [0.29, 0.717) is 0 Å². The fourth-order valence-electron chi connectivity index (χ4n) is 2.89. The van der Waals surface area contributed by atoms with Gasteiger partial charge in [-0.1, -0.05) is 50.0 Å². The van der Waals surface area contributed by atoms with E-state index >= 15 is 0 Å². The maximum atomic E-state index is 6.42. The first-order valence-corrected chi connectivity index (χ1v) is 9.82. The van der Waals surface area contributed by atoms with Crippen LogP contribution in [0.15, 0.2) is 24.3 Å². The Morgan fingerprint density at radius 2 is 1.77 bits per heavy atom. The zero-order valence-electron chi connectivity index (χ0n) is 16.2. The molecule has 0 aliphatic carbocycles. The van der Waals surface area contributed by atoms with Gasteiger partial charge in [0.05, 0.1) is 6.61 Å². The van der Waals surface area contributed by atoms with Crippen molar-refractivity contribution in [2.24, 2.45) is 5.73 Å². The quantitative estimate of drug-likeness (QED) is 0.530. The molecule has 3 N–H and O–H groups in total. The normalized spacial score (nSPS) is 13.5. The number of nitrogens with one attached hydrogen (secondary N) is 1. The highest BCUT2D eigenvalue weighted by Crippen LogP contribution is 2.19. The van der Waals surface area contributed by atoms with Crippen LogP contribution in [0.25, 0.3) is 0 Å². The van der Waals surface area contributed by atoms with E-state index in [-0.39, 0.29) is 5.54 Å². The molecule has 0 unspecified atom stereocenters. The first-order valence-electron chi connectivity index (χ1n) is 9.82. The first-order chi connectivity index (χ1) is 12.6. The van der Waals surface area contributed by atoms with E-state index in [1.807, 2.05) is 0 Å². The van der Waals surface area contributed by atoms with Crippen molar-refractivity contribution in [3.05, 3.63) is 35.7 Å². The van der Waals surface area contributed by atoms with Crippen LogP contribution in [-0.4, -0.2) is 32.8 Å². The molecule has 2 aromatic rings. The van der Waals surface area contributed by atoms with E-state index in [1.165, 1.54) is 31.2 Å². The van der Waals surface area contributed by atoms with Crippen molar-refractivity contribution in [3.63, 3.8) is 0 Å². The van der Waals surface area contributed by atoms with Crippen molar-refractivity contribution in [1.29, 1.82) is 0 Å². The number of H-pyrrole nitrogens is 1. The molecule has 6 nitrogen and oxygen atoms in total. The summed E-state index contributed by atoms with van der Waals surface area (Å²) in [6.45, 7) is 5.13. The molecular formula is C20H33N5O. The number of unbranched alkanes of at least 4 members (excludes halogenated alkanes) is 4. The highest BCUT2D eigenvalue weighted by Gasteiger charge is 2.19. The Bertz CT molecular complexity index is 595. The van der Waals surface area contributed by atoms with Gasteiger partial charge in [-0.2, -0.15) is 5.21 Å². The van der Waals surface area contributed by atoms with Gasteiger partial charge in [0.25, 0.3) is 0 Å². The smallest absolute Gasteiger partial charge is 0.174 e. The minimum Gasteiger partial charge on any atom is -0.494 e. The van der Waals surface area contributed by atoms with Crippen LogP contribution in [0.3, 0.4) is 0 Å². The lowest BCUT2D eigenvalue weighted by atomic mass is 9.89. The summed E-state index contributed by atoms with van der Waals surface area (Å²) in [7, 11) is 0. The third-order valence-corrected chi connectivity index (χ3v) is 4.73. The Labute approximate surface area is 156 Å². The number of benzene rings is 1. The van der Waals surface area contributed by atoms with Crippen LogP contribution in [0.4, 0.5) is 0 Å². The molecule has 0 aliphatic rings. The summed E-state index contributed by atoms with van der Waals surface area (Å²) in [4.78, 5) is 0. The van der Waals surface area contributed by atoms with Crippen molar-refractivity contribution in [1.82, 2.24) is 20.6 Å². The number of nitrogens with zero attached hydrogens (tertiary/aromatic N) is 3. The maximum absolute atomic E-state index is 6.42. The highest BCUT2D eigenvalue weighted by molar-refractivity contribution is 5.27. The predicted octanol–water partition coefficient (Wildman–Crippen LogP) is 3.83. The Hall–Kier alpha value is -1.95. The van der Waals surface area contributed by atoms with Crippen LogP contribution in [-0.2, 0) is 12.8 Å². The largest absolute Gasteiger partial charge is 0.494 e. The molecule has 0 saturated carbocycles. The molecule has 26 heavy (non-hydrogen) atoms. The van der Waals surface area contributed by atoms with Gasteiger partial charge >= 0.3 is 0 Å². The molecule has 0 aliphatic heterocycles. The second kappa shape index (κ2) is 10.9. The minimum atomic E-state index is -0.242. The number of nitrogens with two attached hydrogens (primary N) is 1. The number of aryl methyl sites for hydroxylation is 2. The molecule has 0 bridgehead atoms. The first kappa shape index (κ1) is 20.4. The van der Waals surface area contributed by atoms with E-state index in [4.69, 9.17) is 10.5 Å². The Morgan fingerprint density at radius 1 is 1.04 bits per heavy atom. The van der Waals surface area contributed by atoms with Crippen LogP contribution in [0.5, 0.6) is 5.75 Å². The molecule has 1 aromatic carbocycles. The Balaban J connectivity index is 1.66. The van der Waals surface area contributed by atoms with Crippen molar-refractivity contribution in [2.75, 3.05) is 6.61 Å². The summed E-state index contributed by atoms with van der Waals surface area (Å²) in [6, 6.07) is 8.41. The number of ether oxygens (including phenoxy) is 1. The van der Waals surface area contributed by atoms with Crippen LogP contribution in [0.1, 0.15) is 70.2 Å². The van der Waals surface area contributed by atoms with Gasteiger partial charge in [-0.05, 0) is 50.3 Å². The van der Waals surface area contributed by atoms with Gasteiger partial charge in [0, 0.05) is 12.0 Å². The SMILES string of the molecule is CCCCCCCOc1ccc(CC[C@](C)(N)CCc2nn[nH]n2)cc1. The van der Waals surface area contributed by atoms with Crippen LogP contribution >= 0.6 is 0 Å². The van der Waals surface area contributed by atoms with Crippen LogP contribution in [0, 0.1) is 0 Å². The van der Waals surface area contributed by atoms with Crippen LogP contribution < -0.4 is 10.5 Å². The molecular weight excluding hydrogens is 326 g/mol. The molecule has 0 amide bonds. The van der Waals surface area contributed by atoms with Gasteiger partial charge in [0.1, 0.15) is 5.75 Å². The average molecular weight is 360 g/mol. The Morgan fingerprint density at radius 3 is 2.46 bits per heavy atom. The fraction of sp³-hybridized carbons (Fsp3) is 0.650. The third-order valence-electron chi connectivity index (χ3n) is 4.73. The third kappa shape index (κ3) is 7.95. The van der Waals surface area contributed by atoms with Gasteiger partial charge < -0.3 is 10.5 Å². The van der Waals surface area contributed by atoms with Gasteiger partial charge in [-0.25, -0.2) is 0 Å². The van der Waals surface area contributed by atoms with Gasteiger partial charge in [0.2, 0.25) is 0 Å². The molecule has 0 saturated heterocycles. The molecule has 2 rings (SSSR count). The number of hydrogen-bond donors (Lipinski definition) is 2. The van der Waals surface area contributed by atoms with Gasteiger partial charge in [-0.15, -0.1) is 10.2 Å². The lowest BCUT2D eigenvalue weighted by Gasteiger charge is -2.24. The van der Waals surface area contributed by atoms with Gasteiger partial charge in [-0.3, -0.25) is 0 Å². The Kier molecular flexibility index (Phi) is 8.54. The fourth-order valence-corrected chi connectivity index (χ4v) is 2.89. The van der Waals surface area contributed by atoms with E-state index in [9.17, 15) is 0 Å². The predicted molar refractivity (Wildman–Crippen MR) is 104 cm³/mol. The number of hydrogen-bond acceptors (Lipinski definition) is 5. The average Bonchev–Trinajstić information content (AvgIpc) is 3.16. The molecule has 1 heterocycles. The standard InChI is InChI=1S/C20H33N5O/c1-3-4-5-6-7-16-26-18-10-8-17(9-11-18)12-14-20(2,21)15-13-19-22-24-25-23-19/h8-11H,3-7,12-16,21H2,1-2H3,(H,22,23,24,25)/t20-/m0/s1. The maximum Gasteiger partial charge on any atom is 0.174 e. The zero-order valence-corrected chi connectivity index (χ0v) is 16.2. The monoisotopic (exact) mass is 359 g/mol. The molecule has 0 radical (unpaired) electrons. The molecule has 0 fully saturated rings. The van der Waals surface area contributed by atoms with Crippen LogP contribution in [0.2, 0.25) is 0 Å². The summed E-state index contributed by atoms with van der Waals surface area (Å²) in [5.41, 5.74) is 7.46. The second-order valence-corrected chi connectivity index (χ2v) is 7.39. The van der Waals surface area contributed by atoms with E-state index in [1.54, 1.807) is 0 Å².